The van der Waals surface area contributed by atoms with Gasteiger partial charge in [-0.3, -0.25) is 9.59 Å². The number of nitrogens with zero attached hydrogens (tertiary/aromatic N) is 1. The Bertz CT molecular complexity index is 1250. The van der Waals surface area contributed by atoms with Crippen molar-refractivity contribution in [1.82, 2.24) is 4.90 Å². The van der Waals surface area contributed by atoms with Gasteiger partial charge in [0.2, 0.25) is 0 Å². The topological polar surface area (TPSA) is 96.3 Å². The van der Waals surface area contributed by atoms with E-state index in [-0.39, 0.29) is 29.4 Å². The number of ether oxygens (including phenoxy) is 2. The molecule has 0 aliphatic carbocycles. The molecule has 3 aromatic rings. The summed E-state index contributed by atoms with van der Waals surface area (Å²) >= 11 is 0. The van der Waals surface area contributed by atoms with Crippen LogP contribution in [-0.4, -0.2) is 47.1 Å². The molecular weight excluding hydrogens is 446 g/mol. The Morgan fingerprint density at radius 1 is 1.00 bits per heavy atom. The number of methoxy groups -OCH3 is 1. The van der Waals surface area contributed by atoms with Crippen LogP contribution in [-0.2, 0) is 16.0 Å². The number of likely N-dealkylation sites (tertiary alicyclic amines) is 1. The van der Waals surface area contributed by atoms with E-state index >= 15 is 0 Å². The first-order valence-electron chi connectivity index (χ1n) is 11.4. The van der Waals surface area contributed by atoms with Crippen LogP contribution in [0.4, 0.5) is 0 Å². The summed E-state index contributed by atoms with van der Waals surface area (Å²) < 4.78 is 10.7. The third kappa shape index (κ3) is 4.84. The van der Waals surface area contributed by atoms with Crippen molar-refractivity contribution in [3.8, 4) is 17.2 Å². The first-order valence-corrected chi connectivity index (χ1v) is 11.4. The van der Waals surface area contributed by atoms with Gasteiger partial charge < -0.3 is 24.6 Å². The first kappa shape index (κ1) is 23.9. The molecular formula is C28H27NO6. The minimum Gasteiger partial charge on any atom is -0.507 e. The average Bonchev–Trinajstić information content (AvgIpc) is 3.13. The van der Waals surface area contributed by atoms with Crippen molar-refractivity contribution in [1.29, 1.82) is 0 Å². The lowest BCUT2D eigenvalue weighted by molar-refractivity contribution is -0.139. The molecule has 1 amide bonds. The summed E-state index contributed by atoms with van der Waals surface area (Å²) in [5.41, 5.74) is 1.94. The van der Waals surface area contributed by atoms with E-state index in [0.29, 0.717) is 29.9 Å². The number of amides is 1. The van der Waals surface area contributed by atoms with Crippen molar-refractivity contribution < 1.29 is 29.3 Å². The molecule has 7 heteroatoms. The quantitative estimate of drug-likeness (QED) is 0.285. The molecule has 7 nitrogen and oxygen atoms in total. The van der Waals surface area contributed by atoms with Crippen LogP contribution >= 0.6 is 0 Å². The molecule has 0 saturated carbocycles. The Labute approximate surface area is 203 Å². The van der Waals surface area contributed by atoms with Gasteiger partial charge in [-0.05, 0) is 60.9 Å². The molecule has 2 N–H and O–H groups in total. The highest BCUT2D eigenvalue weighted by Gasteiger charge is 2.46. The van der Waals surface area contributed by atoms with Gasteiger partial charge in [-0.2, -0.15) is 0 Å². The number of phenolic OH excluding ortho intramolecular Hbond substituents is 1. The lowest BCUT2D eigenvalue weighted by Gasteiger charge is -2.26. The van der Waals surface area contributed by atoms with Crippen LogP contribution in [0.3, 0.4) is 0 Å². The lowest BCUT2D eigenvalue weighted by Crippen LogP contribution is -2.31. The molecule has 1 aliphatic heterocycles. The molecule has 1 atom stereocenters. The lowest BCUT2D eigenvalue weighted by atomic mass is 9.94. The molecule has 0 bridgehead atoms. The smallest absolute Gasteiger partial charge is 0.295 e. The highest BCUT2D eigenvalue weighted by atomic mass is 16.5. The van der Waals surface area contributed by atoms with Crippen LogP contribution in [0.5, 0.6) is 17.2 Å². The molecule has 1 fully saturated rings. The Kier molecular flexibility index (Phi) is 7.06. The average molecular weight is 474 g/mol. The molecule has 1 aliphatic rings. The Hall–Kier alpha value is -4.26. The van der Waals surface area contributed by atoms with E-state index in [1.807, 2.05) is 37.3 Å². The van der Waals surface area contributed by atoms with Crippen LogP contribution in [0.2, 0.25) is 0 Å². The number of aliphatic hydroxyl groups excluding tert-OH is 1. The normalized spacial score (nSPS) is 17.0. The van der Waals surface area contributed by atoms with Crippen LogP contribution in [0.15, 0.2) is 78.4 Å². The van der Waals surface area contributed by atoms with Crippen molar-refractivity contribution >= 4 is 17.4 Å². The van der Waals surface area contributed by atoms with Crippen molar-refractivity contribution in [3.05, 3.63) is 95.1 Å². The van der Waals surface area contributed by atoms with Gasteiger partial charge >= 0.3 is 0 Å². The number of Topliss-reactive ketones (excluding diaryl/α,β-unsaturated/α-hetero) is 1. The second kappa shape index (κ2) is 10.3. The minimum atomic E-state index is -0.847. The molecule has 35 heavy (non-hydrogen) atoms. The van der Waals surface area contributed by atoms with Crippen molar-refractivity contribution in [2.45, 2.75) is 19.4 Å². The van der Waals surface area contributed by atoms with E-state index < -0.39 is 17.7 Å². The van der Waals surface area contributed by atoms with Gasteiger partial charge in [0.1, 0.15) is 11.5 Å². The highest BCUT2D eigenvalue weighted by molar-refractivity contribution is 6.46. The highest BCUT2D eigenvalue weighted by Crippen LogP contribution is 2.42. The number of phenols is 1. The zero-order valence-electron chi connectivity index (χ0n) is 19.6. The van der Waals surface area contributed by atoms with E-state index in [9.17, 15) is 19.8 Å². The van der Waals surface area contributed by atoms with E-state index in [1.165, 1.54) is 18.1 Å². The van der Waals surface area contributed by atoms with Gasteiger partial charge in [-0.1, -0.05) is 36.4 Å². The third-order valence-corrected chi connectivity index (χ3v) is 5.98. The fraction of sp³-hybridized carbons (Fsp3) is 0.214. The van der Waals surface area contributed by atoms with Gasteiger partial charge in [0.15, 0.2) is 11.5 Å². The summed E-state index contributed by atoms with van der Waals surface area (Å²) in [7, 11) is 1.42. The maximum absolute atomic E-state index is 13.2. The Balaban J connectivity index is 1.79. The zero-order chi connectivity index (χ0) is 24.9. The van der Waals surface area contributed by atoms with Gasteiger partial charge in [0.25, 0.3) is 11.7 Å². The van der Waals surface area contributed by atoms with Crippen LogP contribution in [0.25, 0.3) is 5.76 Å². The molecule has 180 valence electrons. The van der Waals surface area contributed by atoms with E-state index in [0.717, 1.165) is 5.56 Å². The summed E-state index contributed by atoms with van der Waals surface area (Å²) in [5.74, 6) is -0.953. The predicted octanol–water partition coefficient (Wildman–Crippen LogP) is 4.46. The second-order valence-electron chi connectivity index (χ2n) is 8.12. The summed E-state index contributed by atoms with van der Waals surface area (Å²) in [5, 5.41) is 21.3. The van der Waals surface area contributed by atoms with E-state index in [4.69, 9.17) is 9.47 Å². The summed E-state index contributed by atoms with van der Waals surface area (Å²) in [6.07, 6.45) is 0.530. The number of carbonyl (C=O) groups excluding carboxylic acids is 2. The van der Waals surface area contributed by atoms with Crippen molar-refractivity contribution in [2.75, 3.05) is 20.3 Å². The monoisotopic (exact) mass is 473 g/mol. The number of rotatable bonds is 8. The molecule has 4 rings (SSSR count). The van der Waals surface area contributed by atoms with Gasteiger partial charge in [-0.15, -0.1) is 0 Å². The summed E-state index contributed by atoms with van der Waals surface area (Å²) in [6.45, 7) is 2.64. The molecule has 3 aromatic carbocycles. The molecule has 1 heterocycles. The molecule has 0 spiro atoms. The largest absolute Gasteiger partial charge is 0.507 e. The number of hydrogen-bond donors (Lipinski definition) is 2. The maximum atomic E-state index is 13.2. The van der Waals surface area contributed by atoms with Gasteiger partial charge in [0.05, 0.1) is 25.3 Å². The Morgan fingerprint density at radius 3 is 2.37 bits per heavy atom. The van der Waals surface area contributed by atoms with Crippen molar-refractivity contribution in [2.24, 2.45) is 0 Å². The maximum Gasteiger partial charge on any atom is 0.295 e. The molecule has 1 unspecified atom stereocenters. The number of benzene rings is 3. The third-order valence-electron chi connectivity index (χ3n) is 5.98. The molecule has 1 saturated heterocycles. The van der Waals surface area contributed by atoms with Crippen LogP contribution in [0, 0.1) is 0 Å². The van der Waals surface area contributed by atoms with Crippen molar-refractivity contribution in [3.63, 3.8) is 0 Å². The number of carbonyl (C=O) groups is 2. The number of ketones is 1. The Morgan fingerprint density at radius 2 is 1.71 bits per heavy atom. The van der Waals surface area contributed by atoms with Crippen LogP contribution < -0.4 is 9.47 Å². The predicted molar refractivity (Wildman–Crippen MR) is 131 cm³/mol. The number of aliphatic hydroxyl groups is 1. The van der Waals surface area contributed by atoms with E-state index in [1.54, 1.807) is 36.4 Å². The van der Waals surface area contributed by atoms with Crippen LogP contribution in [0.1, 0.15) is 29.7 Å². The fourth-order valence-corrected chi connectivity index (χ4v) is 4.25. The SMILES string of the molecule is CCOc1ccc(C(O)=C2C(=O)C(=O)N(CCc3ccccc3)C2c2ccc(O)c(OC)c2)cc1. The number of hydrogen-bond acceptors (Lipinski definition) is 6. The fourth-order valence-electron chi connectivity index (χ4n) is 4.25. The van der Waals surface area contributed by atoms with E-state index in [2.05, 4.69) is 0 Å². The number of aromatic hydroxyl groups is 1. The molecule has 0 radical (unpaired) electrons. The second-order valence-corrected chi connectivity index (χ2v) is 8.12. The first-order chi connectivity index (χ1) is 16.9. The summed E-state index contributed by atoms with van der Waals surface area (Å²) in [4.78, 5) is 27.8. The van der Waals surface area contributed by atoms with Gasteiger partial charge in [-0.25, -0.2) is 0 Å². The minimum absolute atomic E-state index is 0.0139. The van der Waals surface area contributed by atoms with Gasteiger partial charge in [0, 0.05) is 12.1 Å². The molecule has 0 aromatic heterocycles. The standard InChI is InChI=1S/C28H27NO6/c1-3-35-21-12-9-19(10-13-21)26(31)24-25(20-11-14-22(30)23(17-20)34-2)29(28(33)27(24)32)16-15-18-7-5-4-6-8-18/h4-14,17,25,30-31H,3,15-16H2,1-2H3. The summed E-state index contributed by atoms with van der Waals surface area (Å²) in [6, 6.07) is 20.1. The zero-order valence-corrected chi connectivity index (χ0v) is 19.6.